The fourth-order valence-electron chi connectivity index (χ4n) is 1.49. The van der Waals surface area contributed by atoms with E-state index in [9.17, 15) is 4.79 Å². The van der Waals surface area contributed by atoms with Gasteiger partial charge in [-0.15, -0.1) is 0 Å². The second-order valence-corrected chi connectivity index (χ2v) is 3.14. The Morgan fingerprint density at radius 1 is 1.60 bits per heavy atom. The molecule has 1 rings (SSSR count). The van der Waals surface area contributed by atoms with E-state index in [0.717, 1.165) is 19.3 Å². The number of ketones is 1. The van der Waals surface area contributed by atoms with Crippen LogP contribution in [0.5, 0.6) is 0 Å². The minimum absolute atomic E-state index is 0.315. The highest BCUT2D eigenvalue weighted by atomic mass is 16.1. The molecule has 0 heterocycles. The van der Waals surface area contributed by atoms with Crippen LogP contribution in [0.15, 0.2) is 11.6 Å². The fraction of sp³-hybridized carbons (Fsp3) is 0.667. The van der Waals surface area contributed by atoms with Gasteiger partial charge in [-0.2, -0.15) is 0 Å². The van der Waals surface area contributed by atoms with Crippen molar-refractivity contribution in [1.82, 2.24) is 0 Å². The Hall–Kier alpha value is -0.590. The van der Waals surface area contributed by atoms with E-state index in [1.54, 1.807) is 6.08 Å². The van der Waals surface area contributed by atoms with Crippen LogP contribution in [-0.2, 0) is 4.79 Å². The van der Waals surface area contributed by atoms with Crippen LogP contribution in [0.4, 0.5) is 0 Å². The Morgan fingerprint density at radius 3 is 2.80 bits per heavy atom. The van der Waals surface area contributed by atoms with E-state index in [0.29, 0.717) is 11.7 Å². The average Bonchev–Trinajstić information content (AvgIpc) is 1.85. The Morgan fingerprint density at radius 2 is 2.30 bits per heavy atom. The molecule has 0 spiro atoms. The van der Waals surface area contributed by atoms with Gasteiger partial charge < -0.3 is 0 Å². The van der Waals surface area contributed by atoms with Crippen LogP contribution >= 0.6 is 0 Å². The molecule has 10 heavy (non-hydrogen) atoms. The van der Waals surface area contributed by atoms with Gasteiger partial charge in [0.25, 0.3) is 0 Å². The predicted octanol–water partition coefficient (Wildman–Crippen LogP) is 2.32. The molecular weight excluding hydrogens is 124 g/mol. The second kappa shape index (κ2) is 3.00. The van der Waals surface area contributed by atoms with Gasteiger partial charge in [-0.3, -0.25) is 4.79 Å². The molecule has 0 saturated carbocycles. The maximum absolute atomic E-state index is 11.0. The summed E-state index contributed by atoms with van der Waals surface area (Å²) in [5, 5.41) is 0. The molecule has 0 aliphatic heterocycles. The summed E-state index contributed by atoms with van der Waals surface area (Å²) < 4.78 is 0. The molecule has 1 atom stereocenters. The maximum Gasteiger partial charge on any atom is 0.155 e. The van der Waals surface area contributed by atoms with E-state index in [1.165, 1.54) is 5.57 Å². The number of allylic oxidation sites excluding steroid dienone is 2. The summed E-state index contributed by atoms with van der Waals surface area (Å²) in [6.07, 6.45) is 4.82. The van der Waals surface area contributed by atoms with Crippen LogP contribution < -0.4 is 0 Å². The van der Waals surface area contributed by atoms with Crippen molar-refractivity contribution in [2.24, 2.45) is 5.92 Å². The van der Waals surface area contributed by atoms with Crippen LogP contribution in [0.3, 0.4) is 0 Å². The molecule has 1 nitrogen and oxygen atoms in total. The van der Waals surface area contributed by atoms with Crippen LogP contribution in [0, 0.1) is 5.92 Å². The molecule has 0 bridgehead atoms. The van der Waals surface area contributed by atoms with Crippen molar-refractivity contribution >= 4 is 5.78 Å². The summed E-state index contributed by atoms with van der Waals surface area (Å²) in [7, 11) is 0. The first-order valence-corrected chi connectivity index (χ1v) is 3.92. The van der Waals surface area contributed by atoms with Crippen LogP contribution in [0.25, 0.3) is 0 Å². The fourth-order valence-corrected chi connectivity index (χ4v) is 1.49. The van der Waals surface area contributed by atoms with Crippen molar-refractivity contribution in [3.8, 4) is 0 Å². The maximum atomic E-state index is 11.0. The highest BCUT2D eigenvalue weighted by molar-refractivity contribution is 5.91. The lowest BCUT2D eigenvalue weighted by atomic mass is 9.87. The molecule has 0 radical (unpaired) electrons. The van der Waals surface area contributed by atoms with Crippen LogP contribution in [-0.4, -0.2) is 5.78 Å². The van der Waals surface area contributed by atoms with Gasteiger partial charge in [0.15, 0.2) is 5.78 Å². The van der Waals surface area contributed by atoms with Crippen LogP contribution in [0.1, 0.15) is 33.1 Å². The molecule has 0 amide bonds. The third kappa shape index (κ3) is 1.69. The van der Waals surface area contributed by atoms with Crippen molar-refractivity contribution in [2.45, 2.75) is 33.1 Å². The van der Waals surface area contributed by atoms with Gasteiger partial charge in [-0.25, -0.2) is 0 Å². The molecule has 0 aromatic carbocycles. The SMILES string of the molecule is CC[C@H]1CC(=O)C=C(C)C1. The molecule has 1 heteroatoms. The van der Waals surface area contributed by atoms with Gasteiger partial charge >= 0.3 is 0 Å². The zero-order chi connectivity index (χ0) is 7.56. The number of carbonyl (C=O) groups excluding carboxylic acids is 1. The molecule has 1 aliphatic carbocycles. The van der Waals surface area contributed by atoms with E-state index in [-0.39, 0.29) is 0 Å². The summed E-state index contributed by atoms with van der Waals surface area (Å²) in [6, 6.07) is 0. The van der Waals surface area contributed by atoms with Gasteiger partial charge in [0, 0.05) is 6.42 Å². The highest BCUT2D eigenvalue weighted by Crippen LogP contribution is 2.23. The molecule has 0 fully saturated rings. The number of hydrogen-bond acceptors (Lipinski definition) is 1. The minimum Gasteiger partial charge on any atom is -0.295 e. The Bertz CT molecular complexity index is 168. The summed E-state index contributed by atoms with van der Waals surface area (Å²) in [4.78, 5) is 11.0. The lowest BCUT2D eigenvalue weighted by Gasteiger charge is -2.17. The smallest absolute Gasteiger partial charge is 0.155 e. The molecule has 56 valence electrons. The normalized spacial score (nSPS) is 26.4. The molecule has 1 aliphatic rings. The molecule has 0 saturated heterocycles. The van der Waals surface area contributed by atoms with Crippen molar-refractivity contribution in [2.75, 3.05) is 0 Å². The standard InChI is InChI=1S/C9H14O/c1-3-8-4-7(2)5-9(10)6-8/h5,8H,3-4,6H2,1-2H3/t8-/m1/s1. The molecule has 0 N–H and O–H groups in total. The Labute approximate surface area is 62.1 Å². The molecule has 0 aromatic rings. The van der Waals surface area contributed by atoms with Crippen molar-refractivity contribution in [3.63, 3.8) is 0 Å². The van der Waals surface area contributed by atoms with Gasteiger partial charge in [-0.05, 0) is 25.3 Å². The van der Waals surface area contributed by atoms with Crippen LogP contribution in [0.2, 0.25) is 0 Å². The van der Waals surface area contributed by atoms with E-state index >= 15 is 0 Å². The second-order valence-electron chi connectivity index (χ2n) is 3.14. The quantitative estimate of drug-likeness (QED) is 0.543. The number of hydrogen-bond donors (Lipinski definition) is 0. The van der Waals surface area contributed by atoms with Gasteiger partial charge in [0.2, 0.25) is 0 Å². The van der Waals surface area contributed by atoms with Crippen molar-refractivity contribution in [1.29, 1.82) is 0 Å². The van der Waals surface area contributed by atoms with Gasteiger partial charge in [-0.1, -0.05) is 18.9 Å². The Balaban J connectivity index is 2.60. The molecule has 0 unspecified atom stereocenters. The van der Waals surface area contributed by atoms with E-state index < -0.39 is 0 Å². The molecule has 0 aromatic heterocycles. The zero-order valence-electron chi connectivity index (χ0n) is 6.68. The van der Waals surface area contributed by atoms with Crippen molar-refractivity contribution < 1.29 is 4.79 Å². The summed E-state index contributed by atoms with van der Waals surface area (Å²) >= 11 is 0. The Kier molecular flexibility index (Phi) is 2.25. The van der Waals surface area contributed by atoms with E-state index in [1.807, 2.05) is 6.92 Å². The first-order chi connectivity index (χ1) is 4.72. The van der Waals surface area contributed by atoms with E-state index in [2.05, 4.69) is 6.92 Å². The molecular formula is C9H14O. The number of carbonyl (C=O) groups is 1. The third-order valence-electron chi connectivity index (χ3n) is 2.09. The van der Waals surface area contributed by atoms with Crippen molar-refractivity contribution in [3.05, 3.63) is 11.6 Å². The lowest BCUT2D eigenvalue weighted by molar-refractivity contribution is -0.115. The topological polar surface area (TPSA) is 17.1 Å². The summed E-state index contributed by atoms with van der Waals surface area (Å²) in [5.41, 5.74) is 1.25. The van der Waals surface area contributed by atoms with E-state index in [4.69, 9.17) is 0 Å². The predicted molar refractivity (Wildman–Crippen MR) is 41.8 cm³/mol. The zero-order valence-corrected chi connectivity index (χ0v) is 6.68. The first kappa shape index (κ1) is 7.52. The highest BCUT2D eigenvalue weighted by Gasteiger charge is 2.15. The third-order valence-corrected chi connectivity index (χ3v) is 2.09. The number of rotatable bonds is 1. The minimum atomic E-state index is 0.315. The average molecular weight is 138 g/mol. The summed E-state index contributed by atoms with van der Waals surface area (Å²) in [6.45, 7) is 4.19. The first-order valence-electron chi connectivity index (χ1n) is 3.92. The monoisotopic (exact) mass is 138 g/mol. The lowest BCUT2D eigenvalue weighted by Crippen LogP contribution is -2.11. The largest absolute Gasteiger partial charge is 0.295 e. The summed E-state index contributed by atoms with van der Waals surface area (Å²) in [5.74, 6) is 0.938. The van der Waals surface area contributed by atoms with Gasteiger partial charge in [0.05, 0.1) is 0 Å². The van der Waals surface area contributed by atoms with Gasteiger partial charge in [0.1, 0.15) is 0 Å².